The molecule has 0 unspecified atom stereocenters. The quantitative estimate of drug-likeness (QED) is 0.674. The normalized spacial score (nSPS) is 13.7. The van der Waals surface area contributed by atoms with E-state index in [1.54, 1.807) is 17.9 Å². The van der Waals surface area contributed by atoms with Gasteiger partial charge in [-0.05, 0) is 55.4 Å². The average Bonchev–Trinajstić information content (AvgIpc) is 3.45. The number of alkyl halides is 2. The van der Waals surface area contributed by atoms with E-state index in [0.29, 0.717) is 18.2 Å². The van der Waals surface area contributed by atoms with Crippen LogP contribution in [0, 0.1) is 12.8 Å². The van der Waals surface area contributed by atoms with Crippen LogP contribution in [0.5, 0.6) is 5.88 Å². The van der Waals surface area contributed by atoms with Crippen molar-refractivity contribution >= 4 is 17.4 Å². The van der Waals surface area contributed by atoms with Crippen molar-refractivity contribution in [1.82, 2.24) is 4.98 Å². The number of nitrogens with zero attached hydrogens (tertiary/aromatic N) is 2. The van der Waals surface area contributed by atoms with Crippen LogP contribution in [0.15, 0.2) is 36.4 Å². The first-order chi connectivity index (χ1) is 13.3. The second-order valence-corrected chi connectivity index (χ2v) is 7.38. The molecule has 1 aromatic carbocycles. The summed E-state index contributed by atoms with van der Waals surface area (Å²) in [6.45, 7) is 3.38. The van der Waals surface area contributed by atoms with Gasteiger partial charge in [0.05, 0.1) is 0 Å². The van der Waals surface area contributed by atoms with Gasteiger partial charge in [0.25, 0.3) is 0 Å². The zero-order chi connectivity index (χ0) is 20.3. The van der Waals surface area contributed by atoms with E-state index in [1.807, 2.05) is 24.3 Å². The SMILES string of the molecule is Cc1ccc(NC(=O)N(CC2CC2)c2ccccc2C(C)C)c(OC(F)F)n1. The fraction of sp³-hybridized carbons (Fsp3) is 0.429. The minimum absolute atomic E-state index is 0.124. The Morgan fingerprint density at radius 1 is 1.25 bits per heavy atom. The number of pyridine rings is 1. The molecule has 1 N–H and O–H groups in total. The van der Waals surface area contributed by atoms with Crippen molar-refractivity contribution in [1.29, 1.82) is 0 Å². The van der Waals surface area contributed by atoms with E-state index < -0.39 is 6.61 Å². The third kappa shape index (κ3) is 4.97. The molecule has 1 aromatic heterocycles. The van der Waals surface area contributed by atoms with Crippen LogP contribution < -0.4 is 15.0 Å². The number of carbonyl (C=O) groups is 1. The van der Waals surface area contributed by atoms with Crippen LogP contribution in [-0.2, 0) is 0 Å². The van der Waals surface area contributed by atoms with Gasteiger partial charge in [-0.25, -0.2) is 9.78 Å². The number of aromatic nitrogens is 1. The Labute approximate surface area is 163 Å². The Hall–Kier alpha value is -2.70. The fourth-order valence-electron chi connectivity index (χ4n) is 3.06. The molecular weight excluding hydrogens is 364 g/mol. The minimum atomic E-state index is -3.02. The number of rotatable bonds is 7. The van der Waals surface area contributed by atoms with Gasteiger partial charge in [0.15, 0.2) is 0 Å². The number of benzene rings is 1. The number of para-hydroxylation sites is 1. The first-order valence-electron chi connectivity index (χ1n) is 9.45. The Kier molecular flexibility index (Phi) is 6.11. The van der Waals surface area contributed by atoms with Gasteiger partial charge >= 0.3 is 12.6 Å². The van der Waals surface area contributed by atoms with Gasteiger partial charge in [-0.15, -0.1) is 0 Å². The van der Waals surface area contributed by atoms with Crippen LogP contribution in [0.4, 0.5) is 25.0 Å². The standard InChI is InChI=1S/C21H25F2N3O2/c1-13(2)16-6-4-5-7-18(16)26(12-15-9-10-15)21(27)25-17-11-8-14(3)24-19(17)28-20(22)23/h4-8,11,13,15,20H,9-10,12H2,1-3H3,(H,25,27). The highest BCUT2D eigenvalue weighted by molar-refractivity contribution is 6.03. The molecule has 1 aliphatic rings. The molecular formula is C21H25F2N3O2. The largest absolute Gasteiger partial charge is 0.415 e. The maximum atomic E-state index is 13.1. The number of aryl methyl sites for hydroxylation is 1. The summed E-state index contributed by atoms with van der Waals surface area (Å²) in [5.41, 5.74) is 2.54. The number of carbonyl (C=O) groups excluding carboxylic acids is 1. The van der Waals surface area contributed by atoms with Gasteiger partial charge in [-0.3, -0.25) is 4.90 Å². The summed E-state index contributed by atoms with van der Waals surface area (Å²) >= 11 is 0. The van der Waals surface area contributed by atoms with Crippen molar-refractivity contribution in [3.63, 3.8) is 0 Å². The molecule has 7 heteroatoms. The number of nitrogens with one attached hydrogen (secondary N) is 1. The van der Waals surface area contributed by atoms with Crippen LogP contribution >= 0.6 is 0 Å². The lowest BCUT2D eigenvalue weighted by Crippen LogP contribution is -2.37. The molecule has 1 heterocycles. The third-order valence-corrected chi connectivity index (χ3v) is 4.67. The number of urea groups is 1. The number of anilines is 2. The molecule has 0 bridgehead atoms. The highest BCUT2D eigenvalue weighted by Crippen LogP contribution is 2.35. The van der Waals surface area contributed by atoms with E-state index in [0.717, 1.165) is 24.1 Å². The molecule has 0 spiro atoms. The van der Waals surface area contributed by atoms with Gasteiger partial charge in [0.1, 0.15) is 5.69 Å². The second kappa shape index (κ2) is 8.54. The van der Waals surface area contributed by atoms with Crippen LogP contribution in [0.25, 0.3) is 0 Å². The summed E-state index contributed by atoms with van der Waals surface area (Å²) in [7, 11) is 0. The predicted molar refractivity (Wildman–Crippen MR) is 105 cm³/mol. The summed E-state index contributed by atoms with van der Waals surface area (Å²) < 4.78 is 29.9. The number of ether oxygens (including phenoxy) is 1. The molecule has 0 aliphatic heterocycles. The molecule has 28 heavy (non-hydrogen) atoms. The van der Waals surface area contributed by atoms with Gasteiger partial charge in [0.2, 0.25) is 5.88 Å². The molecule has 5 nitrogen and oxygen atoms in total. The molecule has 0 saturated heterocycles. The Bertz CT molecular complexity index is 838. The lowest BCUT2D eigenvalue weighted by molar-refractivity contribution is -0.0523. The molecule has 150 valence electrons. The van der Waals surface area contributed by atoms with Crippen LogP contribution in [0.3, 0.4) is 0 Å². The molecule has 1 saturated carbocycles. The van der Waals surface area contributed by atoms with Crippen molar-refractivity contribution in [2.45, 2.75) is 46.1 Å². The van der Waals surface area contributed by atoms with E-state index in [-0.39, 0.29) is 23.5 Å². The average molecular weight is 389 g/mol. The minimum Gasteiger partial charge on any atom is -0.415 e. The van der Waals surface area contributed by atoms with Crippen LogP contribution in [0.1, 0.15) is 43.9 Å². The smallest absolute Gasteiger partial charge is 0.388 e. The van der Waals surface area contributed by atoms with E-state index in [1.165, 1.54) is 6.07 Å². The Morgan fingerprint density at radius 3 is 2.61 bits per heavy atom. The monoisotopic (exact) mass is 389 g/mol. The predicted octanol–water partition coefficient (Wildman–Crippen LogP) is 5.56. The third-order valence-electron chi connectivity index (χ3n) is 4.67. The highest BCUT2D eigenvalue weighted by atomic mass is 19.3. The van der Waals surface area contributed by atoms with Crippen molar-refractivity contribution in [2.75, 3.05) is 16.8 Å². The zero-order valence-electron chi connectivity index (χ0n) is 16.3. The first kappa shape index (κ1) is 20.0. The number of hydrogen-bond donors (Lipinski definition) is 1. The number of hydrogen-bond acceptors (Lipinski definition) is 3. The first-order valence-corrected chi connectivity index (χ1v) is 9.45. The fourth-order valence-corrected chi connectivity index (χ4v) is 3.06. The van der Waals surface area contributed by atoms with Crippen molar-refractivity contribution < 1.29 is 18.3 Å². The summed E-state index contributed by atoms with van der Waals surface area (Å²) in [5.74, 6) is 0.412. The maximum absolute atomic E-state index is 13.1. The number of amides is 2. The summed E-state index contributed by atoms with van der Waals surface area (Å²) in [4.78, 5) is 18.8. The highest BCUT2D eigenvalue weighted by Gasteiger charge is 2.29. The van der Waals surface area contributed by atoms with Gasteiger partial charge in [0, 0.05) is 17.9 Å². The van der Waals surface area contributed by atoms with Gasteiger partial charge in [-0.1, -0.05) is 32.0 Å². The molecule has 0 radical (unpaired) electrons. The van der Waals surface area contributed by atoms with Crippen molar-refractivity contribution in [2.24, 2.45) is 5.92 Å². The van der Waals surface area contributed by atoms with Crippen molar-refractivity contribution in [3.05, 3.63) is 47.7 Å². The lowest BCUT2D eigenvalue weighted by Gasteiger charge is -2.27. The second-order valence-electron chi connectivity index (χ2n) is 7.38. The molecule has 3 rings (SSSR count). The Morgan fingerprint density at radius 2 is 1.96 bits per heavy atom. The molecule has 1 aliphatic carbocycles. The molecule has 2 aromatic rings. The molecule has 1 fully saturated rings. The van der Waals surface area contributed by atoms with Crippen molar-refractivity contribution in [3.8, 4) is 5.88 Å². The topological polar surface area (TPSA) is 54.5 Å². The van der Waals surface area contributed by atoms with Crippen LogP contribution in [0.2, 0.25) is 0 Å². The summed E-state index contributed by atoms with van der Waals surface area (Å²) in [6.07, 6.45) is 2.17. The maximum Gasteiger partial charge on any atom is 0.388 e. The molecule has 2 amide bonds. The summed E-state index contributed by atoms with van der Waals surface area (Å²) in [6, 6.07) is 10.6. The number of halogens is 2. The zero-order valence-corrected chi connectivity index (χ0v) is 16.3. The van der Waals surface area contributed by atoms with E-state index in [2.05, 4.69) is 28.9 Å². The molecule has 0 atom stereocenters. The van der Waals surface area contributed by atoms with E-state index >= 15 is 0 Å². The van der Waals surface area contributed by atoms with E-state index in [9.17, 15) is 13.6 Å². The lowest BCUT2D eigenvalue weighted by atomic mass is 10.0. The van der Waals surface area contributed by atoms with E-state index in [4.69, 9.17) is 0 Å². The van der Waals surface area contributed by atoms with Crippen LogP contribution in [-0.4, -0.2) is 24.2 Å². The summed E-state index contributed by atoms with van der Waals surface area (Å²) in [5, 5.41) is 2.71. The van der Waals surface area contributed by atoms with Gasteiger partial charge in [-0.2, -0.15) is 8.78 Å². The van der Waals surface area contributed by atoms with Gasteiger partial charge < -0.3 is 10.1 Å². The Balaban J connectivity index is 1.89.